The van der Waals surface area contributed by atoms with Crippen molar-refractivity contribution in [3.05, 3.63) is 91.0 Å². The number of benzene rings is 5. The number of nitrogens with one attached hydrogen (secondary N) is 1. The maximum absolute atomic E-state index is 5.94. The summed E-state index contributed by atoms with van der Waals surface area (Å²) in [5.41, 5.74) is 8.78. The number of fused-ring (bicyclic) bond motifs is 4. The van der Waals surface area contributed by atoms with Gasteiger partial charge >= 0.3 is 0 Å². The van der Waals surface area contributed by atoms with Gasteiger partial charge in [-0.3, -0.25) is 0 Å². The van der Waals surface area contributed by atoms with Crippen LogP contribution in [0.4, 0.5) is 17.1 Å². The molecule has 0 aliphatic rings. The Morgan fingerprint density at radius 2 is 1.31 bits per heavy atom. The van der Waals surface area contributed by atoms with E-state index in [0.29, 0.717) is 0 Å². The molecule has 5 aromatic rings. The first-order valence-corrected chi connectivity index (χ1v) is 8.75. The first-order valence-electron chi connectivity index (χ1n) is 8.75. The Kier molecular flexibility index (Phi) is 3.29. The van der Waals surface area contributed by atoms with E-state index in [0.717, 1.165) is 17.1 Å². The molecule has 124 valence electrons. The van der Waals surface area contributed by atoms with Gasteiger partial charge in [0.25, 0.3) is 0 Å². The van der Waals surface area contributed by atoms with Gasteiger partial charge in [-0.2, -0.15) is 0 Å². The fourth-order valence-corrected chi connectivity index (χ4v) is 3.68. The molecule has 0 radical (unpaired) electrons. The Balaban J connectivity index is 1.80. The highest BCUT2D eigenvalue weighted by atomic mass is 14.9. The normalized spacial score (nSPS) is 11.2. The van der Waals surface area contributed by atoms with Crippen molar-refractivity contribution in [2.75, 3.05) is 11.1 Å². The van der Waals surface area contributed by atoms with E-state index in [2.05, 4.69) is 72.0 Å². The second kappa shape index (κ2) is 5.78. The van der Waals surface area contributed by atoms with E-state index in [1.807, 2.05) is 24.3 Å². The molecule has 0 bridgehead atoms. The molecule has 0 heterocycles. The highest BCUT2D eigenvalue weighted by molar-refractivity contribution is 6.17. The van der Waals surface area contributed by atoms with Crippen LogP contribution in [0.25, 0.3) is 32.3 Å². The molecule has 0 atom stereocenters. The fourth-order valence-electron chi connectivity index (χ4n) is 3.68. The maximum atomic E-state index is 5.94. The van der Waals surface area contributed by atoms with Crippen LogP contribution in [-0.2, 0) is 0 Å². The summed E-state index contributed by atoms with van der Waals surface area (Å²) in [5.74, 6) is 0. The van der Waals surface area contributed by atoms with Gasteiger partial charge in [-0.05, 0) is 63.3 Å². The molecule has 0 saturated heterocycles. The summed E-state index contributed by atoms with van der Waals surface area (Å²) in [6.45, 7) is 0. The Morgan fingerprint density at radius 1 is 0.577 bits per heavy atom. The Hall–Kier alpha value is -3.52. The predicted molar refractivity (Wildman–Crippen MR) is 113 cm³/mol. The lowest BCUT2D eigenvalue weighted by Crippen LogP contribution is -1.93. The van der Waals surface area contributed by atoms with Gasteiger partial charge in [0.2, 0.25) is 0 Å². The molecule has 0 amide bonds. The van der Waals surface area contributed by atoms with Crippen LogP contribution in [0.2, 0.25) is 0 Å². The monoisotopic (exact) mass is 334 g/mol. The lowest BCUT2D eigenvalue weighted by Gasteiger charge is -2.13. The van der Waals surface area contributed by atoms with Crippen molar-refractivity contribution >= 4 is 49.4 Å². The zero-order valence-electron chi connectivity index (χ0n) is 14.2. The molecule has 26 heavy (non-hydrogen) atoms. The number of anilines is 3. The molecule has 2 heteroatoms. The largest absolute Gasteiger partial charge is 0.399 e. The van der Waals surface area contributed by atoms with Crippen molar-refractivity contribution in [1.29, 1.82) is 0 Å². The van der Waals surface area contributed by atoms with Crippen LogP contribution >= 0.6 is 0 Å². The second-order valence-electron chi connectivity index (χ2n) is 6.64. The quantitative estimate of drug-likeness (QED) is 0.220. The SMILES string of the molecule is Nc1cccc(Nc2cccc3ccc4cc5ccccc5cc4c23)c1. The van der Waals surface area contributed by atoms with E-state index in [1.165, 1.54) is 32.3 Å². The van der Waals surface area contributed by atoms with Crippen LogP contribution in [0.15, 0.2) is 91.0 Å². The molecule has 5 rings (SSSR count). The second-order valence-corrected chi connectivity index (χ2v) is 6.64. The zero-order chi connectivity index (χ0) is 17.5. The van der Waals surface area contributed by atoms with Crippen molar-refractivity contribution < 1.29 is 0 Å². The van der Waals surface area contributed by atoms with Crippen LogP contribution in [0, 0.1) is 0 Å². The first-order chi connectivity index (χ1) is 12.8. The molecular weight excluding hydrogens is 316 g/mol. The van der Waals surface area contributed by atoms with Gasteiger partial charge in [0, 0.05) is 22.4 Å². The van der Waals surface area contributed by atoms with Gasteiger partial charge in [-0.1, -0.05) is 54.6 Å². The van der Waals surface area contributed by atoms with Gasteiger partial charge in [0.15, 0.2) is 0 Å². The molecule has 0 unspecified atom stereocenters. The fraction of sp³-hybridized carbons (Fsp3) is 0. The smallest absolute Gasteiger partial charge is 0.0470 e. The minimum Gasteiger partial charge on any atom is -0.399 e. The number of hydrogen-bond donors (Lipinski definition) is 2. The summed E-state index contributed by atoms with van der Waals surface area (Å²) in [6.07, 6.45) is 0. The Morgan fingerprint density at radius 3 is 2.15 bits per heavy atom. The summed E-state index contributed by atoms with van der Waals surface area (Å²) < 4.78 is 0. The molecule has 0 spiro atoms. The van der Waals surface area contributed by atoms with Gasteiger partial charge in [0.1, 0.15) is 0 Å². The van der Waals surface area contributed by atoms with Crippen molar-refractivity contribution in [3.8, 4) is 0 Å². The number of hydrogen-bond acceptors (Lipinski definition) is 2. The minimum atomic E-state index is 0.756. The van der Waals surface area contributed by atoms with Gasteiger partial charge in [-0.25, -0.2) is 0 Å². The topological polar surface area (TPSA) is 38.0 Å². The summed E-state index contributed by atoms with van der Waals surface area (Å²) in [4.78, 5) is 0. The summed E-state index contributed by atoms with van der Waals surface area (Å²) in [7, 11) is 0. The van der Waals surface area contributed by atoms with Crippen molar-refractivity contribution in [3.63, 3.8) is 0 Å². The molecule has 5 aromatic carbocycles. The lowest BCUT2D eigenvalue weighted by molar-refractivity contribution is 1.58. The highest BCUT2D eigenvalue weighted by Gasteiger charge is 2.08. The Labute approximate surface area is 151 Å². The lowest BCUT2D eigenvalue weighted by atomic mass is 9.97. The third kappa shape index (κ3) is 2.44. The summed E-state index contributed by atoms with van der Waals surface area (Å²) >= 11 is 0. The van der Waals surface area contributed by atoms with Crippen LogP contribution in [0.3, 0.4) is 0 Å². The number of nitrogen functional groups attached to an aromatic ring is 1. The third-order valence-corrected chi connectivity index (χ3v) is 4.89. The molecule has 2 nitrogen and oxygen atoms in total. The van der Waals surface area contributed by atoms with Crippen molar-refractivity contribution in [2.24, 2.45) is 0 Å². The van der Waals surface area contributed by atoms with Gasteiger partial charge < -0.3 is 11.1 Å². The average molecular weight is 334 g/mol. The van der Waals surface area contributed by atoms with Gasteiger partial charge in [-0.15, -0.1) is 0 Å². The van der Waals surface area contributed by atoms with Crippen molar-refractivity contribution in [2.45, 2.75) is 0 Å². The molecule has 0 aromatic heterocycles. The third-order valence-electron chi connectivity index (χ3n) is 4.89. The summed E-state index contributed by atoms with van der Waals surface area (Å²) in [5, 5.41) is 11.0. The van der Waals surface area contributed by atoms with Crippen LogP contribution < -0.4 is 11.1 Å². The van der Waals surface area contributed by atoms with Crippen molar-refractivity contribution in [1.82, 2.24) is 0 Å². The molecule has 0 aliphatic carbocycles. The molecule has 0 fully saturated rings. The minimum absolute atomic E-state index is 0.756. The molecular formula is C24H18N2. The van der Waals surface area contributed by atoms with E-state index in [1.54, 1.807) is 0 Å². The summed E-state index contributed by atoms with van der Waals surface area (Å²) in [6, 6.07) is 31.7. The van der Waals surface area contributed by atoms with Gasteiger partial charge in [0.05, 0.1) is 0 Å². The van der Waals surface area contributed by atoms with E-state index in [9.17, 15) is 0 Å². The Bertz CT molecular complexity index is 1270. The van der Waals surface area contributed by atoms with E-state index in [-0.39, 0.29) is 0 Å². The highest BCUT2D eigenvalue weighted by Crippen LogP contribution is 2.35. The van der Waals surface area contributed by atoms with Crippen LogP contribution in [-0.4, -0.2) is 0 Å². The van der Waals surface area contributed by atoms with E-state index >= 15 is 0 Å². The zero-order valence-corrected chi connectivity index (χ0v) is 14.2. The van der Waals surface area contributed by atoms with E-state index in [4.69, 9.17) is 5.73 Å². The maximum Gasteiger partial charge on any atom is 0.0470 e. The molecule has 0 aliphatic heterocycles. The van der Waals surface area contributed by atoms with E-state index < -0.39 is 0 Å². The molecule has 3 N–H and O–H groups in total. The van der Waals surface area contributed by atoms with Crippen LogP contribution in [0.5, 0.6) is 0 Å². The standard InChI is InChI=1S/C24H18N2/c25-20-8-4-9-21(15-20)26-23-10-3-7-16-11-12-19-13-17-5-1-2-6-18(17)14-22(19)24(16)23/h1-15,26H,25H2. The molecule has 0 saturated carbocycles. The predicted octanol–water partition coefficient (Wildman–Crippen LogP) is 6.47. The first kappa shape index (κ1) is 14.8. The number of nitrogens with two attached hydrogens (primary N) is 1. The van der Waals surface area contributed by atoms with Crippen LogP contribution in [0.1, 0.15) is 0 Å². The average Bonchev–Trinajstić information content (AvgIpc) is 2.66. The number of rotatable bonds is 2.